The Balaban J connectivity index is 1.99. The molecule has 1 amide bonds. The van der Waals surface area contributed by atoms with E-state index in [2.05, 4.69) is 52.4 Å². The van der Waals surface area contributed by atoms with Crippen LogP contribution in [-0.2, 0) is 0 Å². The van der Waals surface area contributed by atoms with E-state index in [-0.39, 0.29) is 5.91 Å². The molecule has 0 heterocycles. The molecule has 2 rings (SSSR count). The Morgan fingerprint density at radius 2 is 1.86 bits per heavy atom. The normalized spacial score (nSPS) is 11.1. The Bertz CT molecular complexity index is 691. The Morgan fingerprint density at radius 1 is 1.18 bits per heavy atom. The molecule has 2 aromatic rings. The van der Waals surface area contributed by atoms with Crippen LogP contribution < -0.4 is 5.43 Å². The lowest BCUT2D eigenvalue weighted by molar-refractivity contribution is 0.0955. The lowest BCUT2D eigenvalue weighted by Crippen LogP contribution is -2.17. The monoisotopic (exact) mass is 358 g/mol. The maximum Gasteiger partial charge on any atom is 0.271 e. The third kappa shape index (κ3) is 4.28. The van der Waals surface area contributed by atoms with Gasteiger partial charge < -0.3 is 0 Å². The summed E-state index contributed by atoms with van der Waals surface area (Å²) in [4.78, 5) is 12.0. The van der Waals surface area contributed by atoms with Crippen LogP contribution in [0.4, 0.5) is 0 Å². The van der Waals surface area contributed by atoms with Crippen molar-refractivity contribution in [3.8, 4) is 0 Å². The smallest absolute Gasteiger partial charge is 0.267 e. The van der Waals surface area contributed by atoms with E-state index in [1.54, 1.807) is 18.3 Å². The van der Waals surface area contributed by atoms with Crippen molar-refractivity contribution < 1.29 is 4.79 Å². The molecule has 114 valence electrons. The van der Waals surface area contributed by atoms with Gasteiger partial charge in [-0.2, -0.15) is 5.10 Å². The fourth-order valence-electron chi connectivity index (χ4n) is 1.93. The number of halogens is 1. The average molecular weight is 359 g/mol. The van der Waals surface area contributed by atoms with Gasteiger partial charge in [0.25, 0.3) is 5.91 Å². The fraction of sp³-hybridized carbons (Fsp3) is 0.222. The van der Waals surface area contributed by atoms with Crippen LogP contribution in [0.25, 0.3) is 0 Å². The summed E-state index contributed by atoms with van der Waals surface area (Å²) >= 11 is 3.42. The standard InChI is InChI=1S/C18H19BrN2O/c1-12(2)15-8-5-14(6-9-15)11-20-21-18(22)16-7-4-13(3)17(19)10-16/h4-12H,1-3H3,(H,21,22)/b20-11+. The number of carbonyl (C=O) groups is 1. The lowest BCUT2D eigenvalue weighted by Gasteiger charge is -2.05. The summed E-state index contributed by atoms with van der Waals surface area (Å²) in [6.07, 6.45) is 1.64. The van der Waals surface area contributed by atoms with Gasteiger partial charge >= 0.3 is 0 Å². The van der Waals surface area contributed by atoms with Gasteiger partial charge in [-0.05, 0) is 41.7 Å². The molecule has 0 saturated carbocycles. The zero-order chi connectivity index (χ0) is 16.1. The molecule has 0 atom stereocenters. The minimum atomic E-state index is -0.226. The number of amides is 1. The number of aryl methyl sites for hydroxylation is 1. The zero-order valence-electron chi connectivity index (χ0n) is 12.9. The first-order chi connectivity index (χ1) is 10.5. The van der Waals surface area contributed by atoms with Crippen LogP contribution in [-0.4, -0.2) is 12.1 Å². The van der Waals surface area contributed by atoms with Crippen molar-refractivity contribution in [2.75, 3.05) is 0 Å². The van der Waals surface area contributed by atoms with Crippen LogP contribution in [0.3, 0.4) is 0 Å². The topological polar surface area (TPSA) is 41.5 Å². The van der Waals surface area contributed by atoms with Crippen LogP contribution in [0.15, 0.2) is 52.0 Å². The van der Waals surface area contributed by atoms with E-state index in [9.17, 15) is 4.79 Å². The van der Waals surface area contributed by atoms with Gasteiger partial charge in [-0.1, -0.05) is 60.1 Å². The molecule has 0 aromatic heterocycles. The van der Waals surface area contributed by atoms with E-state index in [0.717, 1.165) is 15.6 Å². The molecule has 0 fully saturated rings. The van der Waals surface area contributed by atoms with Gasteiger partial charge in [0.2, 0.25) is 0 Å². The van der Waals surface area contributed by atoms with Gasteiger partial charge in [-0.15, -0.1) is 0 Å². The fourth-order valence-corrected chi connectivity index (χ4v) is 2.31. The first-order valence-corrected chi connectivity index (χ1v) is 7.96. The van der Waals surface area contributed by atoms with Crippen molar-refractivity contribution in [3.05, 3.63) is 69.2 Å². The molecule has 0 aliphatic carbocycles. The molecule has 0 aliphatic heterocycles. The molecule has 0 radical (unpaired) electrons. The summed E-state index contributed by atoms with van der Waals surface area (Å²) in [6, 6.07) is 13.6. The van der Waals surface area contributed by atoms with Gasteiger partial charge in [0.05, 0.1) is 6.21 Å². The summed E-state index contributed by atoms with van der Waals surface area (Å²) in [7, 11) is 0. The highest BCUT2D eigenvalue weighted by atomic mass is 79.9. The van der Waals surface area contributed by atoms with Crippen LogP contribution in [0.5, 0.6) is 0 Å². The Hall–Kier alpha value is -1.94. The van der Waals surface area contributed by atoms with Gasteiger partial charge in [0.1, 0.15) is 0 Å². The number of nitrogens with one attached hydrogen (secondary N) is 1. The maximum absolute atomic E-state index is 12.0. The summed E-state index contributed by atoms with van der Waals surface area (Å²) < 4.78 is 0.911. The van der Waals surface area contributed by atoms with Crippen molar-refractivity contribution in [3.63, 3.8) is 0 Å². The van der Waals surface area contributed by atoms with E-state index in [4.69, 9.17) is 0 Å². The van der Waals surface area contributed by atoms with E-state index in [1.807, 2.05) is 25.1 Å². The number of rotatable bonds is 4. The third-order valence-corrected chi connectivity index (χ3v) is 4.27. The zero-order valence-corrected chi connectivity index (χ0v) is 14.5. The van der Waals surface area contributed by atoms with Gasteiger partial charge in [-0.3, -0.25) is 4.79 Å². The molecular weight excluding hydrogens is 340 g/mol. The molecule has 2 aromatic carbocycles. The Labute approximate surface area is 139 Å². The highest BCUT2D eigenvalue weighted by Crippen LogP contribution is 2.17. The molecule has 0 spiro atoms. The van der Waals surface area contributed by atoms with Crippen molar-refractivity contribution in [2.24, 2.45) is 5.10 Å². The summed E-state index contributed by atoms with van der Waals surface area (Å²) in [5, 5.41) is 4.00. The summed E-state index contributed by atoms with van der Waals surface area (Å²) in [6.45, 7) is 6.29. The Kier molecular flexibility index (Phi) is 5.50. The maximum atomic E-state index is 12.0. The molecule has 0 saturated heterocycles. The predicted octanol–water partition coefficient (Wildman–Crippen LogP) is 4.64. The minimum absolute atomic E-state index is 0.226. The third-order valence-electron chi connectivity index (χ3n) is 3.42. The van der Waals surface area contributed by atoms with Crippen molar-refractivity contribution in [2.45, 2.75) is 26.7 Å². The molecule has 3 nitrogen and oxygen atoms in total. The van der Waals surface area contributed by atoms with Gasteiger partial charge in [0.15, 0.2) is 0 Å². The van der Waals surface area contributed by atoms with Crippen LogP contribution in [0.2, 0.25) is 0 Å². The molecule has 1 N–H and O–H groups in total. The van der Waals surface area contributed by atoms with Crippen LogP contribution >= 0.6 is 15.9 Å². The predicted molar refractivity (Wildman–Crippen MR) is 94.5 cm³/mol. The number of hydrazone groups is 1. The number of nitrogens with zero attached hydrogens (tertiary/aromatic N) is 1. The van der Waals surface area contributed by atoms with E-state index in [0.29, 0.717) is 11.5 Å². The lowest BCUT2D eigenvalue weighted by atomic mass is 10.0. The van der Waals surface area contributed by atoms with Crippen LogP contribution in [0.1, 0.15) is 46.8 Å². The van der Waals surface area contributed by atoms with E-state index in [1.165, 1.54) is 5.56 Å². The molecule has 4 heteroatoms. The first-order valence-electron chi connectivity index (χ1n) is 7.17. The SMILES string of the molecule is Cc1ccc(C(=O)N/N=C/c2ccc(C(C)C)cc2)cc1Br. The first kappa shape index (κ1) is 16.4. The largest absolute Gasteiger partial charge is 0.271 e. The molecule has 0 unspecified atom stereocenters. The molecular formula is C18H19BrN2O. The number of benzene rings is 2. The molecule has 0 aliphatic rings. The summed E-state index contributed by atoms with van der Waals surface area (Å²) in [5.74, 6) is 0.279. The minimum Gasteiger partial charge on any atom is -0.267 e. The molecule has 0 bridgehead atoms. The number of hydrogen-bond donors (Lipinski definition) is 1. The molecule has 22 heavy (non-hydrogen) atoms. The van der Waals surface area contributed by atoms with E-state index >= 15 is 0 Å². The number of hydrogen-bond acceptors (Lipinski definition) is 2. The second kappa shape index (κ2) is 7.36. The van der Waals surface area contributed by atoms with Gasteiger partial charge in [-0.25, -0.2) is 5.43 Å². The van der Waals surface area contributed by atoms with Crippen molar-refractivity contribution in [1.29, 1.82) is 0 Å². The second-order valence-electron chi connectivity index (χ2n) is 5.48. The average Bonchev–Trinajstić information content (AvgIpc) is 2.50. The number of carbonyl (C=O) groups excluding carboxylic acids is 1. The van der Waals surface area contributed by atoms with Gasteiger partial charge in [0, 0.05) is 10.0 Å². The second-order valence-corrected chi connectivity index (χ2v) is 6.34. The quantitative estimate of drug-likeness (QED) is 0.627. The van der Waals surface area contributed by atoms with Crippen molar-refractivity contribution >= 4 is 28.1 Å². The Morgan fingerprint density at radius 3 is 2.45 bits per heavy atom. The highest BCUT2D eigenvalue weighted by molar-refractivity contribution is 9.10. The van der Waals surface area contributed by atoms with Crippen molar-refractivity contribution in [1.82, 2.24) is 5.43 Å². The summed E-state index contributed by atoms with van der Waals surface area (Å²) in [5.41, 5.74) is 6.44. The van der Waals surface area contributed by atoms with E-state index < -0.39 is 0 Å². The van der Waals surface area contributed by atoms with Crippen LogP contribution in [0, 0.1) is 6.92 Å². The highest BCUT2D eigenvalue weighted by Gasteiger charge is 2.05.